The van der Waals surface area contributed by atoms with Crippen LogP contribution in [-0.4, -0.2) is 25.6 Å². The van der Waals surface area contributed by atoms with Crippen LogP contribution in [0, 0.1) is 0 Å². The molecular weight excluding hydrogens is 226 g/mol. The molecule has 3 rings (SSSR count). The maximum absolute atomic E-state index is 4.36. The molecule has 3 heterocycles. The van der Waals surface area contributed by atoms with Crippen LogP contribution < -0.4 is 5.32 Å². The number of nitrogens with one attached hydrogen (secondary N) is 1. The van der Waals surface area contributed by atoms with Gasteiger partial charge in [-0.15, -0.1) is 0 Å². The van der Waals surface area contributed by atoms with E-state index in [9.17, 15) is 0 Å². The quantitative estimate of drug-likeness (QED) is 0.883. The van der Waals surface area contributed by atoms with Crippen LogP contribution >= 0.6 is 0 Å². The zero-order chi connectivity index (χ0) is 12.4. The fraction of sp³-hybridized carbons (Fsp3) is 0.538. The van der Waals surface area contributed by atoms with E-state index in [4.69, 9.17) is 0 Å². The van der Waals surface area contributed by atoms with E-state index in [1.807, 2.05) is 32.0 Å². The second-order valence-electron chi connectivity index (χ2n) is 4.87. The van der Waals surface area contributed by atoms with Crippen molar-refractivity contribution in [3.63, 3.8) is 0 Å². The van der Waals surface area contributed by atoms with Gasteiger partial charge in [-0.3, -0.25) is 0 Å². The minimum absolute atomic E-state index is 0.480. The first-order chi connectivity index (χ1) is 8.84. The number of rotatable bonds is 4. The molecule has 1 aliphatic heterocycles. The van der Waals surface area contributed by atoms with Gasteiger partial charge >= 0.3 is 0 Å². The van der Waals surface area contributed by atoms with Crippen LogP contribution in [0.25, 0.3) is 0 Å². The third-order valence-electron chi connectivity index (χ3n) is 3.66. The van der Waals surface area contributed by atoms with E-state index in [2.05, 4.69) is 24.4 Å². The van der Waals surface area contributed by atoms with Gasteiger partial charge in [-0.05, 0) is 19.4 Å². The minimum atomic E-state index is 0.480. The maximum Gasteiger partial charge on any atom is 0.110 e. The van der Waals surface area contributed by atoms with Gasteiger partial charge in [0.25, 0.3) is 0 Å². The Morgan fingerprint density at radius 1 is 1.50 bits per heavy atom. The lowest BCUT2D eigenvalue weighted by Crippen LogP contribution is -2.17. The molecule has 0 radical (unpaired) electrons. The first kappa shape index (κ1) is 11.5. The van der Waals surface area contributed by atoms with Crippen molar-refractivity contribution in [2.75, 3.05) is 6.54 Å². The normalized spacial score (nSPS) is 19.5. The van der Waals surface area contributed by atoms with Gasteiger partial charge < -0.3 is 14.5 Å². The van der Waals surface area contributed by atoms with Gasteiger partial charge in [-0.2, -0.15) is 0 Å². The number of aromatic nitrogens is 4. The number of nitrogens with zero attached hydrogens (tertiary/aromatic N) is 4. The molecule has 1 aliphatic rings. The third-order valence-corrected chi connectivity index (χ3v) is 3.66. The molecule has 0 amide bonds. The smallest absolute Gasteiger partial charge is 0.110 e. The summed E-state index contributed by atoms with van der Waals surface area (Å²) >= 11 is 0. The van der Waals surface area contributed by atoms with Crippen molar-refractivity contribution in [2.24, 2.45) is 7.05 Å². The highest BCUT2D eigenvalue weighted by atomic mass is 15.1. The van der Waals surface area contributed by atoms with Gasteiger partial charge in [-0.1, -0.05) is 0 Å². The Morgan fingerprint density at radius 3 is 3.17 bits per heavy atom. The molecule has 18 heavy (non-hydrogen) atoms. The average molecular weight is 245 g/mol. The SMILES string of the molecule is Cn1ccnc1CCn1cncc1[C@@H]1CCCN1. The predicted molar refractivity (Wildman–Crippen MR) is 69.1 cm³/mol. The Morgan fingerprint density at radius 2 is 2.44 bits per heavy atom. The molecule has 1 fully saturated rings. The standard InChI is InChI=1S/C13H19N5/c1-17-8-6-16-13(17)4-7-18-10-14-9-12(18)11-3-2-5-15-11/h6,8-11,15H,2-5,7H2,1H3/t11-/m0/s1. The monoisotopic (exact) mass is 245 g/mol. The van der Waals surface area contributed by atoms with E-state index in [0.29, 0.717) is 6.04 Å². The van der Waals surface area contributed by atoms with Crippen molar-refractivity contribution in [1.29, 1.82) is 0 Å². The van der Waals surface area contributed by atoms with E-state index in [0.717, 1.165) is 25.3 Å². The Hall–Kier alpha value is -1.62. The summed E-state index contributed by atoms with van der Waals surface area (Å²) in [5.41, 5.74) is 1.31. The lowest BCUT2D eigenvalue weighted by atomic mass is 10.2. The predicted octanol–water partition coefficient (Wildman–Crippen LogP) is 1.28. The highest BCUT2D eigenvalue weighted by Crippen LogP contribution is 2.22. The van der Waals surface area contributed by atoms with Crippen LogP contribution in [0.1, 0.15) is 30.4 Å². The maximum atomic E-state index is 4.36. The molecule has 2 aromatic rings. The van der Waals surface area contributed by atoms with Crippen LogP contribution in [0.2, 0.25) is 0 Å². The second kappa shape index (κ2) is 4.94. The lowest BCUT2D eigenvalue weighted by molar-refractivity contribution is 0.554. The fourth-order valence-electron chi connectivity index (χ4n) is 2.60. The summed E-state index contributed by atoms with van der Waals surface area (Å²) in [5.74, 6) is 1.12. The summed E-state index contributed by atoms with van der Waals surface area (Å²) in [4.78, 5) is 8.64. The number of imidazole rings is 2. The molecule has 1 N–H and O–H groups in total. The zero-order valence-electron chi connectivity index (χ0n) is 10.7. The largest absolute Gasteiger partial charge is 0.338 e. The lowest BCUT2D eigenvalue weighted by Gasteiger charge is -2.13. The van der Waals surface area contributed by atoms with Crippen molar-refractivity contribution in [3.8, 4) is 0 Å². The zero-order valence-corrected chi connectivity index (χ0v) is 10.7. The molecule has 0 aromatic carbocycles. The molecular formula is C13H19N5. The van der Waals surface area contributed by atoms with E-state index < -0.39 is 0 Å². The molecule has 0 spiro atoms. The Kier molecular flexibility index (Phi) is 3.15. The average Bonchev–Trinajstić information content (AvgIpc) is 3.07. The van der Waals surface area contributed by atoms with Gasteiger partial charge in [0.05, 0.1) is 12.0 Å². The number of hydrogen-bond acceptors (Lipinski definition) is 3. The molecule has 5 heteroatoms. The second-order valence-corrected chi connectivity index (χ2v) is 4.87. The molecule has 1 atom stereocenters. The van der Waals surface area contributed by atoms with Crippen LogP contribution in [0.5, 0.6) is 0 Å². The molecule has 96 valence electrons. The van der Waals surface area contributed by atoms with E-state index >= 15 is 0 Å². The summed E-state index contributed by atoms with van der Waals surface area (Å²) in [6.07, 6.45) is 11.2. The summed E-state index contributed by atoms with van der Waals surface area (Å²) in [6.45, 7) is 2.06. The van der Waals surface area contributed by atoms with E-state index in [-0.39, 0.29) is 0 Å². The summed E-state index contributed by atoms with van der Waals surface area (Å²) in [6, 6.07) is 0.480. The van der Waals surface area contributed by atoms with E-state index in [1.165, 1.54) is 18.5 Å². The first-order valence-corrected chi connectivity index (χ1v) is 6.54. The number of hydrogen-bond donors (Lipinski definition) is 1. The molecule has 5 nitrogen and oxygen atoms in total. The summed E-state index contributed by atoms with van der Waals surface area (Å²) in [7, 11) is 2.04. The molecule has 0 unspecified atom stereocenters. The minimum Gasteiger partial charge on any atom is -0.338 e. The molecule has 2 aromatic heterocycles. The van der Waals surface area contributed by atoms with Gasteiger partial charge in [-0.25, -0.2) is 9.97 Å². The highest BCUT2D eigenvalue weighted by molar-refractivity contribution is 5.07. The fourth-order valence-corrected chi connectivity index (χ4v) is 2.60. The van der Waals surface area contributed by atoms with Crippen LogP contribution in [0.15, 0.2) is 24.9 Å². The van der Waals surface area contributed by atoms with Crippen molar-refractivity contribution in [1.82, 2.24) is 24.4 Å². The van der Waals surface area contributed by atoms with Crippen molar-refractivity contribution in [3.05, 3.63) is 36.4 Å². The highest BCUT2D eigenvalue weighted by Gasteiger charge is 2.19. The third kappa shape index (κ3) is 2.18. The molecule has 0 aliphatic carbocycles. The van der Waals surface area contributed by atoms with Gasteiger partial charge in [0.1, 0.15) is 5.82 Å². The van der Waals surface area contributed by atoms with Gasteiger partial charge in [0.2, 0.25) is 0 Å². The molecule has 0 bridgehead atoms. The van der Waals surface area contributed by atoms with Crippen LogP contribution in [-0.2, 0) is 20.0 Å². The van der Waals surface area contributed by atoms with Crippen LogP contribution in [0.4, 0.5) is 0 Å². The van der Waals surface area contributed by atoms with Crippen molar-refractivity contribution >= 4 is 0 Å². The van der Waals surface area contributed by atoms with Crippen LogP contribution in [0.3, 0.4) is 0 Å². The Labute approximate surface area is 107 Å². The van der Waals surface area contributed by atoms with Crippen molar-refractivity contribution in [2.45, 2.75) is 31.8 Å². The first-order valence-electron chi connectivity index (χ1n) is 6.54. The summed E-state index contributed by atoms with van der Waals surface area (Å²) in [5, 5.41) is 3.52. The van der Waals surface area contributed by atoms with Gasteiger partial charge in [0, 0.05) is 44.6 Å². The molecule has 1 saturated heterocycles. The Bertz CT molecular complexity index is 507. The van der Waals surface area contributed by atoms with Gasteiger partial charge in [0.15, 0.2) is 0 Å². The Balaban J connectivity index is 1.69. The topological polar surface area (TPSA) is 47.7 Å². The number of aryl methyl sites for hydroxylation is 3. The molecule has 0 saturated carbocycles. The van der Waals surface area contributed by atoms with E-state index in [1.54, 1.807) is 0 Å². The summed E-state index contributed by atoms with van der Waals surface area (Å²) < 4.78 is 4.32. The van der Waals surface area contributed by atoms with Crippen molar-refractivity contribution < 1.29 is 0 Å².